The number of aryl methyl sites for hydroxylation is 1. The van der Waals surface area contributed by atoms with Gasteiger partial charge in [0.05, 0.1) is 17.2 Å². The van der Waals surface area contributed by atoms with Crippen LogP contribution in [-0.2, 0) is 0 Å². The van der Waals surface area contributed by atoms with Crippen LogP contribution in [0.15, 0.2) is 48.7 Å². The van der Waals surface area contributed by atoms with Crippen LogP contribution in [0.25, 0.3) is 11.0 Å². The van der Waals surface area contributed by atoms with Crippen LogP contribution >= 0.6 is 11.6 Å². The van der Waals surface area contributed by atoms with Crippen molar-refractivity contribution in [3.63, 3.8) is 0 Å². The fourth-order valence-corrected chi connectivity index (χ4v) is 3.37. The SMILES string of the molecule is Cc1ccc(Cl)cc1N1CCN(c2cnc3ccccc3n2)CC1. The smallest absolute Gasteiger partial charge is 0.147 e. The molecule has 1 aliphatic rings. The topological polar surface area (TPSA) is 32.3 Å². The molecule has 24 heavy (non-hydrogen) atoms. The van der Waals surface area contributed by atoms with Crippen molar-refractivity contribution in [3.8, 4) is 0 Å². The molecule has 0 aliphatic carbocycles. The summed E-state index contributed by atoms with van der Waals surface area (Å²) in [6.45, 7) is 5.90. The Hall–Kier alpha value is -2.33. The summed E-state index contributed by atoms with van der Waals surface area (Å²) < 4.78 is 0. The van der Waals surface area contributed by atoms with E-state index in [9.17, 15) is 0 Å². The first-order valence-corrected chi connectivity index (χ1v) is 8.56. The highest BCUT2D eigenvalue weighted by molar-refractivity contribution is 6.30. The number of piperazine rings is 1. The number of aromatic nitrogens is 2. The van der Waals surface area contributed by atoms with Crippen LogP contribution in [0.4, 0.5) is 11.5 Å². The summed E-state index contributed by atoms with van der Waals surface area (Å²) in [4.78, 5) is 14.0. The zero-order chi connectivity index (χ0) is 16.5. The van der Waals surface area contributed by atoms with Crippen LogP contribution in [0.5, 0.6) is 0 Å². The first kappa shape index (κ1) is 15.2. The summed E-state index contributed by atoms with van der Waals surface area (Å²) in [7, 11) is 0. The largest absolute Gasteiger partial charge is 0.368 e. The molecule has 0 spiro atoms. The highest BCUT2D eigenvalue weighted by atomic mass is 35.5. The van der Waals surface area contributed by atoms with Crippen molar-refractivity contribution in [2.75, 3.05) is 36.0 Å². The van der Waals surface area contributed by atoms with E-state index in [0.29, 0.717) is 0 Å². The van der Waals surface area contributed by atoms with E-state index in [1.165, 1.54) is 11.3 Å². The Balaban J connectivity index is 1.51. The van der Waals surface area contributed by atoms with E-state index in [1.807, 2.05) is 36.5 Å². The van der Waals surface area contributed by atoms with Gasteiger partial charge in [-0.1, -0.05) is 29.8 Å². The van der Waals surface area contributed by atoms with Crippen molar-refractivity contribution in [1.82, 2.24) is 9.97 Å². The van der Waals surface area contributed by atoms with Crippen LogP contribution in [0.2, 0.25) is 5.02 Å². The van der Waals surface area contributed by atoms with E-state index < -0.39 is 0 Å². The molecule has 0 saturated carbocycles. The molecule has 0 N–H and O–H groups in total. The molecule has 1 fully saturated rings. The Labute approximate surface area is 146 Å². The van der Waals surface area contributed by atoms with Crippen molar-refractivity contribution in [2.24, 2.45) is 0 Å². The van der Waals surface area contributed by atoms with Gasteiger partial charge in [-0.3, -0.25) is 4.98 Å². The maximum atomic E-state index is 6.16. The van der Waals surface area contributed by atoms with Gasteiger partial charge in [-0.2, -0.15) is 0 Å². The van der Waals surface area contributed by atoms with Crippen molar-refractivity contribution in [2.45, 2.75) is 6.92 Å². The molecular formula is C19H19ClN4. The van der Waals surface area contributed by atoms with E-state index in [1.54, 1.807) is 0 Å². The molecule has 0 atom stereocenters. The number of benzene rings is 2. The Morgan fingerprint density at radius 3 is 2.42 bits per heavy atom. The number of anilines is 2. The Morgan fingerprint density at radius 2 is 1.62 bits per heavy atom. The molecule has 1 aromatic heterocycles. The second-order valence-corrected chi connectivity index (χ2v) is 6.56. The second-order valence-electron chi connectivity index (χ2n) is 6.12. The van der Waals surface area contributed by atoms with Crippen molar-refractivity contribution >= 4 is 34.1 Å². The summed E-state index contributed by atoms with van der Waals surface area (Å²) in [5.41, 5.74) is 4.38. The number of fused-ring (bicyclic) bond motifs is 1. The summed E-state index contributed by atoms with van der Waals surface area (Å²) in [6.07, 6.45) is 1.88. The van der Waals surface area contributed by atoms with Crippen LogP contribution in [0.1, 0.15) is 5.56 Å². The van der Waals surface area contributed by atoms with Gasteiger partial charge in [-0.25, -0.2) is 4.98 Å². The number of hydrogen-bond donors (Lipinski definition) is 0. The lowest BCUT2D eigenvalue weighted by Gasteiger charge is -2.37. The number of rotatable bonds is 2. The highest BCUT2D eigenvalue weighted by Crippen LogP contribution is 2.26. The average molecular weight is 339 g/mol. The van der Waals surface area contributed by atoms with Gasteiger partial charge in [0.25, 0.3) is 0 Å². The number of nitrogens with zero attached hydrogens (tertiary/aromatic N) is 4. The summed E-state index contributed by atoms with van der Waals surface area (Å²) in [5, 5.41) is 0.790. The van der Waals surface area contributed by atoms with Gasteiger partial charge < -0.3 is 9.80 Å². The molecule has 5 heteroatoms. The fraction of sp³-hybridized carbons (Fsp3) is 0.263. The van der Waals surface area contributed by atoms with Crippen LogP contribution in [0, 0.1) is 6.92 Å². The monoisotopic (exact) mass is 338 g/mol. The molecule has 2 heterocycles. The third-order valence-corrected chi connectivity index (χ3v) is 4.79. The first-order valence-electron chi connectivity index (χ1n) is 8.18. The summed E-state index contributed by atoms with van der Waals surface area (Å²) in [5.74, 6) is 0.955. The second kappa shape index (κ2) is 6.29. The molecular weight excluding hydrogens is 320 g/mol. The van der Waals surface area contributed by atoms with Crippen molar-refractivity contribution < 1.29 is 0 Å². The lowest BCUT2D eigenvalue weighted by atomic mass is 10.1. The van der Waals surface area contributed by atoms with Crippen LogP contribution in [-0.4, -0.2) is 36.1 Å². The Bertz CT molecular complexity index is 872. The molecule has 4 rings (SSSR count). The minimum Gasteiger partial charge on any atom is -0.368 e. The van der Waals surface area contributed by atoms with E-state index in [4.69, 9.17) is 16.6 Å². The molecule has 3 aromatic rings. The van der Waals surface area contributed by atoms with Crippen molar-refractivity contribution in [3.05, 3.63) is 59.2 Å². The predicted molar refractivity (Wildman–Crippen MR) is 100 cm³/mol. The van der Waals surface area contributed by atoms with Gasteiger partial charge in [0.1, 0.15) is 5.82 Å². The zero-order valence-electron chi connectivity index (χ0n) is 13.6. The Kier molecular flexibility index (Phi) is 3.98. The van der Waals surface area contributed by atoms with E-state index in [0.717, 1.165) is 48.1 Å². The molecule has 1 aliphatic heterocycles. The minimum absolute atomic E-state index is 0.790. The highest BCUT2D eigenvalue weighted by Gasteiger charge is 2.20. The lowest BCUT2D eigenvalue weighted by molar-refractivity contribution is 0.646. The molecule has 0 radical (unpaired) electrons. The normalized spacial score (nSPS) is 15.1. The van der Waals surface area contributed by atoms with Gasteiger partial charge in [0.15, 0.2) is 0 Å². The standard InChI is InChI=1S/C19H19ClN4/c1-14-6-7-15(20)12-18(14)23-8-10-24(11-9-23)19-13-21-16-4-2-3-5-17(16)22-19/h2-7,12-13H,8-11H2,1H3. The predicted octanol–water partition coefficient (Wildman–Crippen LogP) is 3.92. The van der Waals surface area contributed by atoms with Gasteiger partial charge in [-0.15, -0.1) is 0 Å². The average Bonchev–Trinajstić information content (AvgIpc) is 2.63. The van der Waals surface area contributed by atoms with Crippen LogP contribution < -0.4 is 9.80 Å². The quantitative estimate of drug-likeness (QED) is 0.709. The minimum atomic E-state index is 0.790. The first-order chi connectivity index (χ1) is 11.7. The van der Waals surface area contributed by atoms with E-state index in [2.05, 4.69) is 33.8 Å². The molecule has 2 aromatic carbocycles. The molecule has 0 bridgehead atoms. The maximum Gasteiger partial charge on any atom is 0.147 e. The summed E-state index contributed by atoms with van der Waals surface area (Å²) in [6, 6.07) is 14.1. The number of para-hydroxylation sites is 2. The zero-order valence-corrected chi connectivity index (χ0v) is 14.4. The lowest BCUT2D eigenvalue weighted by Crippen LogP contribution is -2.47. The third kappa shape index (κ3) is 2.89. The van der Waals surface area contributed by atoms with E-state index >= 15 is 0 Å². The van der Waals surface area contributed by atoms with E-state index in [-0.39, 0.29) is 0 Å². The van der Waals surface area contributed by atoms with Gasteiger partial charge in [0.2, 0.25) is 0 Å². The maximum absolute atomic E-state index is 6.16. The van der Waals surface area contributed by atoms with Gasteiger partial charge in [0, 0.05) is 36.9 Å². The Morgan fingerprint density at radius 1 is 0.917 bits per heavy atom. The molecule has 122 valence electrons. The molecule has 4 nitrogen and oxygen atoms in total. The number of hydrogen-bond acceptors (Lipinski definition) is 4. The van der Waals surface area contributed by atoms with Gasteiger partial charge in [-0.05, 0) is 36.8 Å². The third-order valence-electron chi connectivity index (χ3n) is 4.55. The molecule has 0 amide bonds. The van der Waals surface area contributed by atoms with Crippen LogP contribution in [0.3, 0.4) is 0 Å². The van der Waals surface area contributed by atoms with Crippen molar-refractivity contribution in [1.29, 1.82) is 0 Å². The fourth-order valence-electron chi connectivity index (χ4n) is 3.20. The molecule has 0 unspecified atom stereocenters. The van der Waals surface area contributed by atoms with Gasteiger partial charge >= 0.3 is 0 Å². The summed E-state index contributed by atoms with van der Waals surface area (Å²) >= 11 is 6.16. The molecule has 1 saturated heterocycles. The number of halogens is 1.